The fourth-order valence-electron chi connectivity index (χ4n) is 4.09. The summed E-state index contributed by atoms with van der Waals surface area (Å²) in [5.74, 6) is 3.54. The minimum absolute atomic E-state index is 0.715. The van der Waals surface area contributed by atoms with Crippen molar-refractivity contribution in [1.82, 2.24) is 9.97 Å². The van der Waals surface area contributed by atoms with Crippen LogP contribution in [0.25, 0.3) is 11.3 Å². The highest BCUT2D eigenvalue weighted by Gasteiger charge is 2.23. The molecule has 2 saturated heterocycles. The molecule has 0 radical (unpaired) electrons. The van der Waals surface area contributed by atoms with E-state index in [9.17, 15) is 0 Å². The van der Waals surface area contributed by atoms with Gasteiger partial charge in [0.25, 0.3) is 0 Å². The summed E-state index contributed by atoms with van der Waals surface area (Å²) in [5, 5.41) is 0. The highest BCUT2D eigenvalue weighted by atomic mass is 15.3. The van der Waals surface area contributed by atoms with Gasteiger partial charge in [-0.2, -0.15) is 4.98 Å². The van der Waals surface area contributed by atoms with Gasteiger partial charge in [0.05, 0.1) is 5.69 Å². The lowest BCUT2D eigenvalue weighted by Crippen LogP contribution is -2.37. The number of piperidine rings is 2. The molecule has 1 unspecified atom stereocenters. The third kappa shape index (κ3) is 3.84. The van der Waals surface area contributed by atoms with Crippen LogP contribution in [0, 0.1) is 11.8 Å². The minimum atomic E-state index is 0.715. The Morgan fingerprint density at radius 3 is 2.35 bits per heavy atom. The lowest BCUT2D eigenvalue weighted by atomic mass is 9.99. The van der Waals surface area contributed by atoms with E-state index in [2.05, 4.69) is 60.0 Å². The Kier molecular flexibility index (Phi) is 5.09. The van der Waals surface area contributed by atoms with Crippen LogP contribution in [0.1, 0.15) is 39.5 Å². The van der Waals surface area contributed by atoms with E-state index >= 15 is 0 Å². The highest BCUT2D eigenvalue weighted by molar-refractivity contribution is 5.65. The minimum Gasteiger partial charge on any atom is -0.356 e. The smallest absolute Gasteiger partial charge is 0.227 e. The van der Waals surface area contributed by atoms with Crippen LogP contribution in [0.15, 0.2) is 36.4 Å². The van der Waals surface area contributed by atoms with Crippen LogP contribution in [-0.2, 0) is 0 Å². The number of aromatic nitrogens is 2. The Hall–Kier alpha value is -2.10. The van der Waals surface area contributed by atoms with Gasteiger partial charge < -0.3 is 9.80 Å². The first-order valence-corrected chi connectivity index (χ1v) is 10.1. The summed E-state index contributed by atoms with van der Waals surface area (Å²) in [5.41, 5.74) is 2.22. The second kappa shape index (κ2) is 7.65. The van der Waals surface area contributed by atoms with Gasteiger partial charge in [0.15, 0.2) is 0 Å². The summed E-state index contributed by atoms with van der Waals surface area (Å²) < 4.78 is 0. The Labute approximate surface area is 157 Å². The third-order valence-corrected chi connectivity index (χ3v) is 5.82. The van der Waals surface area contributed by atoms with Crippen molar-refractivity contribution in [3.8, 4) is 11.3 Å². The molecule has 2 fully saturated rings. The lowest BCUT2D eigenvalue weighted by Gasteiger charge is -2.34. The number of rotatable bonds is 3. The molecule has 3 heterocycles. The molecule has 0 spiro atoms. The molecule has 1 atom stereocenters. The van der Waals surface area contributed by atoms with E-state index in [-0.39, 0.29) is 0 Å². The van der Waals surface area contributed by atoms with Crippen LogP contribution in [0.3, 0.4) is 0 Å². The van der Waals surface area contributed by atoms with Crippen molar-refractivity contribution in [2.75, 3.05) is 36.0 Å². The van der Waals surface area contributed by atoms with E-state index in [4.69, 9.17) is 9.97 Å². The summed E-state index contributed by atoms with van der Waals surface area (Å²) >= 11 is 0. The average Bonchev–Trinajstić information content (AvgIpc) is 2.69. The highest BCUT2D eigenvalue weighted by Crippen LogP contribution is 2.29. The van der Waals surface area contributed by atoms with Gasteiger partial charge in [-0.3, -0.25) is 0 Å². The van der Waals surface area contributed by atoms with Gasteiger partial charge >= 0.3 is 0 Å². The van der Waals surface area contributed by atoms with Gasteiger partial charge in [0, 0.05) is 37.8 Å². The molecular weight excluding hydrogens is 320 g/mol. The molecule has 4 rings (SSSR count). The van der Waals surface area contributed by atoms with Crippen LogP contribution < -0.4 is 9.80 Å². The molecule has 0 amide bonds. The maximum Gasteiger partial charge on any atom is 0.227 e. The Bertz CT molecular complexity index is 722. The van der Waals surface area contributed by atoms with E-state index in [1.165, 1.54) is 31.2 Å². The number of nitrogens with zero attached hydrogens (tertiary/aromatic N) is 4. The SMILES string of the molecule is CC1CCN(c2cc(-c3ccccc3)nc(N3CCCC(C)C3)n2)CC1. The maximum absolute atomic E-state index is 5.01. The molecule has 0 bridgehead atoms. The fourth-order valence-corrected chi connectivity index (χ4v) is 4.09. The molecule has 1 aromatic heterocycles. The summed E-state index contributed by atoms with van der Waals surface area (Å²) in [6, 6.07) is 12.7. The summed E-state index contributed by atoms with van der Waals surface area (Å²) in [6.07, 6.45) is 5.05. The van der Waals surface area contributed by atoms with Gasteiger partial charge in [0.2, 0.25) is 5.95 Å². The van der Waals surface area contributed by atoms with E-state index in [0.29, 0.717) is 5.92 Å². The van der Waals surface area contributed by atoms with Gasteiger partial charge in [-0.25, -0.2) is 4.98 Å². The third-order valence-electron chi connectivity index (χ3n) is 5.82. The molecule has 4 heteroatoms. The number of benzene rings is 1. The Morgan fingerprint density at radius 1 is 0.846 bits per heavy atom. The zero-order chi connectivity index (χ0) is 17.9. The van der Waals surface area contributed by atoms with Crippen molar-refractivity contribution < 1.29 is 0 Å². The average molecular weight is 351 g/mol. The number of hydrogen-bond donors (Lipinski definition) is 0. The van der Waals surface area contributed by atoms with Crippen molar-refractivity contribution in [2.45, 2.75) is 39.5 Å². The summed E-state index contributed by atoms with van der Waals surface area (Å²) in [6.45, 7) is 9.02. The first-order chi connectivity index (χ1) is 12.7. The van der Waals surface area contributed by atoms with Crippen LogP contribution in [0.5, 0.6) is 0 Å². The standard InChI is InChI=1S/C22H30N4/c1-17-10-13-25(14-11-17)21-15-20(19-8-4-3-5-9-19)23-22(24-21)26-12-6-7-18(2)16-26/h3-5,8-9,15,17-18H,6-7,10-14,16H2,1-2H3. The first-order valence-electron chi connectivity index (χ1n) is 10.1. The molecular formula is C22H30N4. The molecule has 4 nitrogen and oxygen atoms in total. The van der Waals surface area contributed by atoms with Crippen molar-refractivity contribution in [2.24, 2.45) is 11.8 Å². The summed E-state index contributed by atoms with van der Waals surface area (Å²) in [4.78, 5) is 14.8. The second-order valence-electron chi connectivity index (χ2n) is 8.14. The van der Waals surface area contributed by atoms with Crippen LogP contribution in [0.4, 0.5) is 11.8 Å². The molecule has 1 aromatic carbocycles. The number of hydrogen-bond acceptors (Lipinski definition) is 4. The quantitative estimate of drug-likeness (QED) is 0.809. The Morgan fingerprint density at radius 2 is 1.62 bits per heavy atom. The van der Waals surface area contributed by atoms with Gasteiger partial charge in [0.1, 0.15) is 5.82 Å². The largest absolute Gasteiger partial charge is 0.356 e. The molecule has 2 aliphatic heterocycles. The molecule has 138 valence electrons. The van der Waals surface area contributed by atoms with E-state index < -0.39 is 0 Å². The molecule has 2 aliphatic rings. The number of anilines is 2. The predicted octanol–water partition coefficient (Wildman–Crippen LogP) is 4.62. The predicted molar refractivity (Wildman–Crippen MR) is 109 cm³/mol. The monoisotopic (exact) mass is 350 g/mol. The molecule has 0 aliphatic carbocycles. The summed E-state index contributed by atoms with van der Waals surface area (Å²) in [7, 11) is 0. The Balaban J connectivity index is 1.69. The maximum atomic E-state index is 5.01. The lowest BCUT2D eigenvalue weighted by molar-refractivity contribution is 0.434. The van der Waals surface area contributed by atoms with Crippen LogP contribution in [0.2, 0.25) is 0 Å². The fraction of sp³-hybridized carbons (Fsp3) is 0.545. The van der Waals surface area contributed by atoms with Gasteiger partial charge in [-0.1, -0.05) is 44.2 Å². The van der Waals surface area contributed by atoms with E-state index in [1.54, 1.807) is 0 Å². The van der Waals surface area contributed by atoms with Crippen molar-refractivity contribution in [3.63, 3.8) is 0 Å². The zero-order valence-corrected chi connectivity index (χ0v) is 16.1. The normalized spacial score (nSPS) is 21.8. The van der Waals surface area contributed by atoms with Crippen molar-refractivity contribution in [3.05, 3.63) is 36.4 Å². The molecule has 0 N–H and O–H groups in total. The van der Waals surface area contributed by atoms with E-state index in [1.807, 2.05) is 0 Å². The van der Waals surface area contributed by atoms with Gasteiger partial charge in [-0.15, -0.1) is 0 Å². The topological polar surface area (TPSA) is 32.3 Å². The van der Waals surface area contributed by atoms with Crippen LogP contribution in [-0.4, -0.2) is 36.1 Å². The van der Waals surface area contributed by atoms with Crippen molar-refractivity contribution >= 4 is 11.8 Å². The molecule has 2 aromatic rings. The first kappa shape index (κ1) is 17.3. The zero-order valence-electron chi connectivity index (χ0n) is 16.1. The van der Waals surface area contributed by atoms with Gasteiger partial charge in [-0.05, 0) is 37.5 Å². The molecule has 0 saturated carbocycles. The van der Waals surface area contributed by atoms with Crippen LogP contribution >= 0.6 is 0 Å². The second-order valence-corrected chi connectivity index (χ2v) is 8.14. The molecule has 26 heavy (non-hydrogen) atoms. The van der Waals surface area contributed by atoms with E-state index in [0.717, 1.165) is 49.6 Å². The van der Waals surface area contributed by atoms with Crippen molar-refractivity contribution in [1.29, 1.82) is 0 Å².